The van der Waals surface area contributed by atoms with Crippen LogP contribution in [0.2, 0.25) is 0 Å². The van der Waals surface area contributed by atoms with E-state index in [1.54, 1.807) is 47.6 Å². The number of aromatic nitrogens is 2. The van der Waals surface area contributed by atoms with Crippen molar-refractivity contribution in [1.82, 2.24) is 20.2 Å². The van der Waals surface area contributed by atoms with E-state index in [4.69, 9.17) is 9.47 Å². The average molecular weight is 445 g/mol. The lowest BCUT2D eigenvalue weighted by Crippen LogP contribution is -2.49. The fourth-order valence-corrected chi connectivity index (χ4v) is 3.93. The van der Waals surface area contributed by atoms with Gasteiger partial charge in [-0.05, 0) is 42.0 Å². The van der Waals surface area contributed by atoms with E-state index >= 15 is 0 Å². The van der Waals surface area contributed by atoms with Crippen molar-refractivity contribution in [2.45, 2.75) is 6.54 Å². The monoisotopic (exact) mass is 445 g/mol. The second-order valence-electron chi connectivity index (χ2n) is 7.74. The summed E-state index contributed by atoms with van der Waals surface area (Å²) in [7, 11) is 0. The molecule has 9 nitrogen and oxygen atoms in total. The number of anilines is 1. The number of pyridine rings is 2. The fraction of sp³-hybridized carbons (Fsp3) is 0.250. The van der Waals surface area contributed by atoms with Crippen LogP contribution in [0, 0.1) is 0 Å². The van der Waals surface area contributed by atoms with Crippen molar-refractivity contribution in [3.05, 3.63) is 77.7 Å². The van der Waals surface area contributed by atoms with Gasteiger partial charge in [0.15, 0.2) is 11.5 Å². The van der Waals surface area contributed by atoms with Gasteiger partial charge in [-0.3, -0.25) is 14.6 Å². The average Bonchev–Trinajstić information content (AvgIpc) is 3.35. The highest BCUT2D eigenvalue weighted by Gasteiger charge is 2.26. The minimum atomic E-state index is -0.206. The van der Waals surface area contributed by atoms with E-state index in [9.17, 15) is 9.59 Å². The number of nitrogens with zero attached hydrogens (tertiary/aromatic N) is 4. The zero-order valence-corrected chi connectivity index (χ0v) is 17.9. The quantitative estimate of drug-likeness (QED) is 0.642. The number of rotatable bonds is 5. The van der Waals surface area contributed by atoms with Gasteiger partial charge in [0.2, 0.25) is 6.79 Å². The Bertz CT molecular complexity index is 1160. The van der Waals surface area contributed by atoms with Crippen molar-refractivity contribution in [2.24, 2.45) is 0 Å². The highest BCUT2D eigenvalue weighted by Crippen LogP contribution is 2.32. The predicted octanol–water partition coefficient (Wildman–Crippen LogP) is 2.10. The Hall–Kier alpha value is -4.14. The van der Waals surface area contributed by atoms with E-state index in [1.165, 1.54) is 0 Å². The van der Waals surface area contributed by atoms with Gasteiger partial charge in [-0.1, -0.05) is 12.1 Å². The third-order valence-corrected chi connectivity index (χ3v) is 5.67. The highest BCUT2D eigenvalue weighted by atomic mass is 16.7. The van der Waals surface area contributed by atoms with E-state index in [-0.39, 0.29) is 18.6 Å². The first-order chi connectivity index (χ1) is 16.2. The molecule has 33 heavy (non-hydrogen) atoms. The van der Waals surface area contributed by atoms with Gasteiger partial charge < -0.3 is 24.6 Å². The number of amides is 2. The summed E-state index contributed by atoms with van der Waals surface area (Å²) in [5.41, 5.74) is 1.86. The maximum absolute atomic E-state index is 13.0. The normalized spacial score (nSPS) is 14.8. The number of ether oxygens (including phenoxy) is 2. The standard InChI is InChI=1S/C24H23N5O4/c30-23(27-15-17-6-7-20-21(14-17)33-16-32-20)18-4-3-9-26-22(18)28-10-12-29(13-11-28)24(31)19-5-1-2-8-25-19/h1-9,14H,10-13,15-16H2,(H,27,30). The number of piperazine rings is 1. The zero-order chi connectivity index (χ0) is 22.6. The second-order valence-corrected chi connectivity index (χ2v) is 7.74. The molecule has 4 heterocycles. The van der Waals surface area contributed by atoms with Crippen molar-refractivity contribution < 1.29 is 19.1 Å². The second kappa shape index (κ2) is 9.15. The van der Waals surface area contributed by atoms with Crippen molar-refractivity contribution in [1.29, 1.82) is 0 Å². The summed E-state index contributed by atoms with van der Waals surface area (Å²) in [6.45, 7) is 2.80. The summed E-state index contributed by atoms with van der Waals surface area (Å²) in [4.78, 5) is 38.1. The molecule has 0 atom stereocenters. The molecule has 1 aromatic carbocycles. The van der Waals surface area contributed by atoms with Crippen LogP contribution < -0.4 is 19.7 Å². The van der Waals surface area contributed by atoms with E-state index in [1.807, 2.05) is 23.1 Å². The van der Waals surface area contributed by atoms with Gasteiger partial charge in [0.25, 0.3) is 11.8 Å². The summed E-state index contributed by atoms with van der Waals surface area (Å²) >= 11 is 0. The molecular weight excluding hydrogens is 422 g/mol. The molecule has 3 aromatic rings. The Morgan fingerprint density at radius 3 is 2.55 bits per heavy atom. The van der Waals surface area contributed by atoms with Crippen molar-refractivity contribution in [3.63, 3.8) is 0 Å². The predicted molar refractivity (Wildman–Crippen MR) is 120 cm³/mol. The third-order valence-electron chi connectivity index (χ3n) is 5.67. The lowest BCUT2D eigenvalue weighted by Gasteiger charge is -2.35. The number of hydrogen-bond donors (Lipinski definition) is 1. The van der Waals surface area contributed by atoms with Gasteiger partial charge in [-0.2, -0.15) is 0 Å². The Kier molecular flexibility index (Phi) is 5.75. The van der Waals surface area contributed by atoms with Gasteiger partial charge in [0, 0.05) is 45.1 Å². The lowest BCUT2D eigenvalue weighted by atomic mass is 10.1. The molecule has 0 saturated carbocycles. The highest BCUT2D eigenvalue weighted by molar-refractivity contribution is 5.99. The summed E-state index contributed by atoms with van der Waals surface area (Å²) < 4.78 is 10.7. The van der Waals surface area contributed by atoms with Gasteiger partial charge in [0.05, 0.1) is 5.56 Å². The topological polar surface area (TPSA) is 96.9 Å². The van der Waals surface area contributed by atoms with Crippen LogP contribution in [0.5, 0.6) is 11.5 Å². The molecule has 1 saturated heterocycles. The van der Waals surface area contributed by atoms with E-state index in [0.29, 0.717) is 61.3 Å². The van der Waals surface area contributed by atoms with Gasteiger partial charge >= 0.3 is 0 Å². The maximum Gasteiger partial charge on any atom is 0.272 e. The molecule has 2 aromatic heterocycles. The molecule has 1 N–H and O–H groups in total. The summed E-state index contributed by atoms with van der Waals surface area (Å²) in [6, 6.07) is 14.4. The molecule has 2 aliphatic rings. The number of carbonyl (C=O) groups excluding carboxylic acids is 2. The van der Waals surface area contributed by atoms with Crippen molar-refractivity contribution in [2.75, 3.05) is 37.9 Å². The maximum atomic E-state index is 13.0. The first-order valence-corrected chi connectivity index (χ1v) is 10.8. The SMILES string of the molecule is O=C(NCc1ccc2c(c1)OCO2)c1cccnc1N1CCN(C(=O)c2ccccn2)CC1. The molecule has 0 aliphatic carbocycles. The number of nitrogens with one attached hydrogen (secondary N) is 1. The van der Waals surface area contributed by atoms with Crippen LogP contribution in [0.3, 0.4) is 0 Å². The van der Waals surface area contributed by atoms with Gasteiger partial charge in [0.1, 0.15) is 11.5 Å². The molecule has 0 unspecified atom stereocenters. The Labute approximate surface area is 191 Å². The van der Waals surface area contributed by atoms with Gasteiger partial charge in [-0.25, -0.2) is 4.98 Å². The zero-order valence-electron chi connectivity index (χ0n) is 17.9. The fourth-order valence-electron chi connectivity index (χ4n) is 3.93. The number of hydrogen-bond acceptors (Lipinski definition) is 7. The van der Waals surface area contributed by atoms with E-state index in [0.717, 1.165) is 5.56 Å². The number of fused-ring (bicyclic) bond motifs is 1. The van der Waals surface area contributed by atoms with Crippen molar-refractivity contribution >= 4 is 17.6 Å². The lowest BCUT2D eigenvalue weighted by molar-refractivity contribution is 0.0739. The first-order valence-electron chi connectivity index (χ1n) is 10.8. The Morgan fingerprint density at radius 1 is 0.909 bits per heavy atom. The minimum Gasteiger partial charge on any atom is -0.454 e. The molecule has 168 valence electrons. The van der Waals surface area contributed by atoms with Crippen LogP contribution in [0.15, 0.2) is 60.9 Å². The Balaban J connectivity index is 1.23. The van der Waals surface area contributed by atoms with Crippen LogP contribution in [-0.4, -0.2) is 59.7 Å². The minimum absolute atomic E-state index is 0.0852. The van der Waals surface area contributed by atoms with E-state index in [2.05, 4.69) is 15.3 Å². The van der Waals surface area contributed by atoms with Crippen LogP contribution in [0.4, 0.5) is 5.82 Å². The van der Waals surface area contributed by atoms with Crippen LogP contribution in [-0.2, 0) is 6.54 Å². The molecule has 5 rings (SSSR count). The number of benzene rings is 1. The van der Waals surface area contributed by atoms with Gasteiger partial charge in [-0.15, -0.1) is 0 Å². The first kappa shape index (κ1) is 20.7. The molecule has 0 bridgehead atoms. The van der Waals surface area contributed by atoms with Crippen LogP contribution >= 0.6 is 0 Å². The molecule has 1 fully saturated rings. The Morgan fingerprint density at radius 2 is 1.73 bits per heavy atom. The third kappa shape index (κ3) is 4.43. The van der Waals surface area contributed by atoms with Crippen LogP contribution in [0.1, 0.15) is 26.4 Å². The summed E-state index contributed by atoms with van der Waals surface area (Å²) in [5, 5.41) is 2.96. The molecule has 2 aliphatic heterocycles. The van der Waals surface area contributed by atoms with Crippen molar-refractivity contribution in [3.8, 4) is 11.5 Å². The smallest absolute Gasteiger partial charge is 0.272 e. The largest absolute Gasteiger partial charge is 0.454 e. The van der Waals surface area contributed by atoms with E-state index < -0.39 is 0 Å². The molecule has 2 amide bonds. The molecule has 0 spiro atoms. The summed E-state index contributed by atoms with van der Waals surface area (Å²) in [6.07, 6.45) is 3.29. The summed E-state index contributed by atoms with van der Waals surface area (Å²) in [5.74, 6) is 1.72. The molecule has 0 radical (unpaired) electrons. The van der Waals surface area contributed by atoms with Crippen LogP contribution in [0.25, 0.3) is 0 Å². The molecule has 9 heteroatoms. The number of carbonyl (C=O) groups is 2. The molecular formula is C24H23N5O4.